The molecule has 0 saturated heterocycles. The summed E-state index contributed by atoms with van der Waals surface area (Å²) in [6, 6.07) is 2.23. The minimum absolute atomic E-state index is 0.0106. The summed E-state index contributed by atoms with van der Waals surface area (Å²) in [6.45, 7) is 1.65. The molecule has 68 valence electrons. The first-order valence-corrected chi connectivity index (χ1v) is 3.73. The van der Waals surface area contributed by atoms with E-state index >= 15 is 0 Å². The van der Waals surface area contributed by atoms with Gasteiger partial charge in [0.2, 0.25) is 0 Å². The van der Waals surface area contributed by atoms with E-state index in [1.54, 1.807) is 6.92 Å². The Morgan fingerprint density at radius 1 is 1.23 bits per heavy atom. The van der Waals surface area contributed by atoms with Crippen molar-refractivity contribution in [2.24, 2.45) is 0 Å². The number of hydrogen-bond acceptors (Lipinski definition) is 2. The Balaban J connectivity index is 2.95. The molecule has 13 heavy (non-hydrogen) atoms. The van der Waals surface area contributed by atoms with Crippen LogP contribution in [0.4, 0.5) is 14.5 Å². The molecule has 2 rings (SSSR count). The minimum atomic E-state index is -0.759. The Hall–Kier alpha value is -1.58. The van der Waals surface area contributed by atoms with E-state index in [0.29, 0.717) is 5.76 Å². The van der Waals surface area contributed by atoms with E-state index in [9.17, 15) is 8.78 Å². The van der Waals surface area contributed by atoms with Gasteiger partial charge in [0, 0.05) is 11.5 Å². The quantitative estimate of drug-likeness (QED) is 0.637. The molecule has 2 aromatic rings. The van der Waals surface area contributed by atoms with Crippen molar-refractivity contribution in [2.45, 2.75) is 6.92 Å². The summed E-state index contributed by atoms with van der Waals surface area (Å²) in [5, 5.41) is 0.287. The van der Waals surface area contributed by atoms with Crippen LogP contribution in [0.15, 0.2) is 16.5 Å². The largest absolute Gasteiger partial charge is 0.458 e. The van der Waals surface area contributed by atoms with Crippen molar-refractivity contribution in [2.75, 3.05) is 5.73 Å². The standard InChI is InChI=1S/C9H7F2NO/c1-4-2-5-8(12)6(10)3-7(11)9(5)13-4/h2-3H,12H2,1H3. The average molecular weight is 183 g/mol. The van der Waals surface area contributed by atoms with Crippen LogP contribution in [0.25, 0.3) is 11.0 Å². The summed E-state index contributed by atoms with van der Waals surface area (Å²) in [7, 11) is 0. The number of rotatable bonds is 0. The van der Waals surface area contributed by atoms with Crippen LogP contribution in [0, 0.1) is 18.6 Å². The number of nitrogens with two attached hydrogens (primary N) is 1. The molecule has 0 spiro atoms. The molecular formula is C9H7F2NO. The van der Waals surface area contributed by atoms with E-state index in [0.717, 1.165) is 6.07 Å². The van der Waals surface area contributed by atoms with Crippen molar-refractivity contribution in [3.8, 4) is 0 Å². The lowest BCUT2D eigenvalue weighted by Gasteiger charge is -1.97. The van der Waals surface area contributed by atoms with Crippen LogP contribution in [0.5, 0.6) is 0 Å². The first-order valence-electron chi connectivity index (χ1n) is 3.73. The van der Waals surface area contributed by atoms with Gasteiger partial charge in [-0.1, -0.05) is 0 Å². The van der Waals surface area contributed by atoms with E-state index in [4.69, 9.17) is 10.2 Å². The minimum Gasteiger partial charge on any atom is -0.458 e. The van der Waals surface area contributed by atoms with Crippen LogP contribution in [0.1, 0.15) is 5.76 Å². The van der Waals surface area contributed by atoms with Gasteiger partial charge in [-0.3, -0.25) is 0 Å². The summed E-state index contributed by atoms with van der Waals surface area (Å²) in [5.41, 5.74) is 5.33. The number of fused-ring (bicyclic) bond motifs is 1. The molecule has 0 fully saturated rings. The van der Waals surface area contributed by atoms with Gasteiger partial charge in [-0.05, 0) is 13.0 Å². The van der Waals surface area contributed by atoms with Gasteiger partial charge in [0.25, 0.3) is 0 Å². The third-order valence-electron chi connectivity index (χ3n) is 1.87. The van der Waals surface area contributed by atoms with Gasteiger partial charge in [0.1, 0.15) is 11.6 Å². The van der Waals surface area contributed by atoms with E-state index in [2.05, 4.69) is 0 Å². The van der Waals surface area contributed by atoms with Gasteiger partial charge in [-0.15, -0.1) is 0 Å². The molecule has 0 atom stereocenters. The molecular weight excluding hydrogens is 176 g/mol. The normalized spacial score (nSPS) is 11.0. The van der Waals surface area contributed by atoms with E-state index in [1.807, 2.05) is 0 Å². The Labute approximate surface area is 72.9 Å². The summed E-state index contributed by atoms with van der Waals surface area (Å²) in [4.78, 5) is 0. The number of benzene rings is 1. The highest BCUT2D eigenvalue weighted by Crippen LogP contribution is 2.29. The second-order valence-electron chi connectivity index (χ2n) is 2.85. The van der Waals surface area contributed by atoms with Crippen LogP contribution in [0.3, 0.4) is 0 Å². The van der Waals surface area contributed by atoms with E-state index in [-0.39, 0.29) is 16.7 Å². The molecule has 0 aliphatic heterocycles. The van der Waals surface area contributed by atoms with Crippen molar-refractivity contribution < 1.29 is 13.2 Å². The van der Waals surface area contributed by atoms with Crippen molar-refractivity contribution in [1.29, 1.82) is 0 Å². The molecule has 2 N–H and O–H groups in total. The van der Waals surface area contributed by atoms with Crippen LogP contribution in [-0.4, -0.2) is 0 Å². The zero-order valence-corrected chi connectivity index (χ0v) is 6.90. The summed E-state index contributed by atoms with van der Waals surface area (Å²) >= 11 is 0. The van der Waals surface area contributed by atoms with Gasteiger partial charge in [-0.25, -0.2) is 8.78 Å². The third kappa shape index (κ3) is 1.06. The molecule has 1 aromatic heterocycles. The number of hydrogen-bond donors (Lipinski definition) is 1. The number of furan rings is 1. The Kier molecular flexibility index (Phi) is 1.52. The molecule has 0 aliphatic rings. The molecule has 0 aliphatic carbocycles. The first-order chi connectivity index (χ1) is 6.09. The molecule has 0 unspecified atom stereocenters. The topological polar surface area (TPSA) is 39.2 Å². The molecule has 2 nitrogen and oxygen atoms in total. The number of halogens is 2. The van der Waals surface area contributed by atoms with Gasteiger partial charge < -0.3 is 10.2 Å². The monoisotopic (exact) mass is 183 g/mol. The van der Waals surface area contributed by atoms with Gasteiger partial charge in [0.15, 0.2) is 11.4 Å². The smallest absolute Gasteiger partial charge is 0.172 e. The van der Waals surface area contributed by atoms with Gasteiger partial charge in [-0.2, -0.15) is 0 Å². The maximum absolute atomic E-state index is 13.1. The van der Waals surface area contributed by atoms with Crippen LogP contribution < -0.4 is 5.73 Å². The second-order valence-corrected chi connectivity index (χ2v) is 2.85. The van der Waals surface area contributed by atoms with Crippen LogP contribution >= 0.6 is 0 Å². The Morgan fingerprint density at radius 3 is 2.62 bits per heavy atom. The zero-order chi connectivity index (χ0) is 9.59. The molecule has 0 amide bonds. The lowest BCUT2D eigenvalue weighted by atomic mass is 10.2. The molecule has 0 radical (unpaired) electrons. The van der Waals surface area contributed by atoms with Gasteiger partial charge in [0.05, 0.1) is 5.69 Å². The highest BCUT2D eigenvalue weighted by Gasteiger charge is 2.13. The summed E-state index contributed by atoms with van der Waals surface area (Å²) < 4.78 is 31.0. The zero-order valence-electron chi connectivity index (χ0n) is 6.90. The molecule has 0 bridgehead atoms. The Morgan fingerprint density at radius 2 is 1.92 bits per heavy atom. The molecule has 0 saturated carbocycles. The van der Waals surface area contributed by atoms with Crippen molar-refractivity contribution in [3.05, 3.63) is 29.5 Å². The number of nitrogen functional groups attached to an aromatic ring is 1. The summed E-state index contributed by atoms with van der Waals surface area (Å²) in [5.74, 6) is -0.980. The highest BCUT2D eigenvalue weighted by atomic mass is 19.1. The lowest BCUT2D eigenvalue weighted by Crippen LogP contribution is -1.92. The molecule has 1 aromatic carbocycles. The maximum Gasteiger partial charge on any atom is 0.172 e. The lowest BCUT2D eigenvalue weighted by molar-refractivity contribution is 0.531. The predicted molar refractivity (Wildman–Crippen MR) is 45.3 cm³/mol. The van der Waals surface area contributed by atoms with Crippen molar-refractivity contribution in [1.82, 2.24) is 0 Å². The van der Waals surface area contributed by atoms with Crippen LogP contribution in [-0.2, 0) is 0 Å². The molecule has 4 heteroatoms. The van der Waals surface area contributed by atoms with Crippen molar-refractivity contribution >= 4 is 16.7 Å². The second kappa shape index (κ2) is 2.45. The average Bonchev–Trinajstić information content (AvgIpc) is 2.44. The SMILES string of the molecule is Cc1cc2c(N)c(F)cc(F)c2o1. The van der Waals surface area contributed by atoms with E-state index in [1.165, 1.54) is 6.07 Å². The highest BCUT2D eigenvalue weighted by molar-refractivity contribution is 5.90. The van der Waals surface area contributed by atoms with Gasteiger partial charge >= 0.3 is 0 Å². The van der Waals surface area contributed by atoms with Crippen LogP contribution in [0.2, 0.25) is 0 Å². The fourth-order valence-electron chi connectivity index (χ4n) is 1.27. The fraction of sp³-hybridized carbons (Fsp3) is 0.111. The van der Waals surface area contributed by atoms with Crippen molar-refractivity contribution in [3.63, 3.8) is 0 Å². The maximum atomic E-state index is 13.1. The third-order valence-corrected chi connectivity index (χ3v) is 1.87. The molecule has 1 heterocycles. The predicted octanol–water partition coefficient (Wildman–Crippen LogP) is 2.60. The number of aryl methyl sites for hydroxylation is 1. The number of anilines is 1. The first kappa shape index (κ1) is 8.04. The summed E-state index contributed by atoms with van der Waals surface area (Å²) in [6.07, 6.45) is 0. The van der Waals surface area contributed by atoms with E-state index < -0.39 is 11.6 Å². The fourth-order valence-corrected chi connectivity index (χ4v) is 1.27. The Bertz CT molecular complexity index is 476.